The monoisotopic (exact) mass is 418 g/mol. The average molecular weight is 420 g/mol. The molecule has 0 radical (unpaired) electrons. The van der Waals surface area contributed by atoms with Crippen molar-refractivity contribution in [3.05, 3.63) is 26.6 Å². The van der Waals surface area contributed by atoms with E-state index in [9.17, 15) is 5.11 Å². The van der Waals surface area contributed by atoms with Crippen molar-refractivity contribution in [3.8, 4) is 5.75 Å². The lowest BCUT2D eigenvalue weighted by molar-refractivity contribution is 0.159. The van der Waals surface area contributed by atoms with Gasteiger partial charge in [-0.2, -0.15) is 0 Å². The Kier molecular flexibility index (Phi) is 6.53. The molecule has 1 fully saturated rings. The third-order valence-corrected chi connectivity index (χ3v) is 5.24. The highest BCUT2D eigenvalue weighted by atomic mass is 79.9. The van der Waals surface area contributed by atoms with Crippen molar-refractivity contribution >= 4 is 31.9 Å². The van der Waals surface area contributed by atoms with Crippen LogP contribution in [-0.2, 0) is 0 Å². The zero-order chi connectivity index (χ0) is 15.4. The molecule has 1 aromatic rings. The van der Waals surface area contributed by atoms with E-state index in [1.807, 2.05) is 0 Å². The third kappa shape index (κ3) is 4.68. The lowest BCUT2D eigenvalue weighted by Crippen LogP contribution is -2.45. The van der Waals surface area contributed by atoms with Crippen molar-refractivity contribution in [1.82, 2.24) is 10.2 Å². The number of nitrogens with one attached hydrogen (secondary N) is 1. The summed E-state index contributed by atoms with van der Waals surface area (Å²) >= 11 is 6.92. The normalized spacial score (nSPS) is 18.1. The highest BCUT2D eigenvalue weighted by molar-refractivity contribution is 9.11. The summed E-state index contributed by atoms with van der Waals surface area (Å²) in [5.41, 5.74) is 1.27. The minimum atomic E-state index is 0.279. The number of nitrogens with zero attached hydrogens (tertiary/aromatic N) is 1. The van der Waals surface area contributed by atoms with Gasteiger partial charge in [0.1, 0.15) is 5.75 Å². The van der Waals surface area contributed by atoms with Crippen LogP contribution in [0.25, 0.3) is 0 Å². The molecule has 0 amide bonds. The van der Waals surface area contributed by atoms with Crippen LogP contribution in [0.4, 0.5) is 0 Å². The van der Waals surface area contributed by atoms with Crippen LogP contribution in [0, 0.1) is 5.92 Å². The highest BCUT2D eigenvalue weighted by Gasteiger charge is 2.23. The molecule has 0 aliphatic carbocycles. The Morgan fingerprint density at radius 2 is 1.71 bits per heavy atom. The average Bonchev–Trinajstić information content (AvgIpc) is 2.45. The van der Waals surface area contributed by atoms with Crippen LogP contribution in [0.3, 0.4) is 0 Å². The van der Waals surface area contributed by atoms with E-state index in [1.165, 1.54) is 12.0 Å². The Morgan fingerprint density at radius 3 is 2.24 bits per heavy atom. The number of benzene rings is 1. The van der Waals surface area contributed by atoms with Gasteiger partial charge in [-0.15, -0.1) is 0 Å². The van der Waals surface area contributed by atoms with Crippen LogP contribution in [-0.4, -0.2) is 36.2 Å². The molecule has 3 nitrogen and oxygen atoms in total. The molecule has 2 rings (SSSR count). The zero-order valence-electron chi connectivity index (χ0n) is 12.7. The van der Waals surface area contributed by atoms with Crippen molar-refractivity contribution in [3.63, 3.8) is 0 Å². The quantitative estimate of drug-likeness (QED) is 0.746. The largest absolute Gasteiger partial charge is 0.506 e. The molecule has 0 spiro atoms. The molecule has 118 valence electrons. The standard InChI is InChI=1S/C16H24Br2N2O/c1-11(2)3-4-15(20-7-5-19-6-8-20)12-9-13(17)16(21)14(18)10-12/h9-11,15,19,21H,3-8H2,1-2H3/t15-/m0/s1. The molecule has 1 saturated heterocycles. The van der Waals surface area contributed by atoms with Gasteiger partial charge < -0.3 is 10.4 Å². The molecular formula is C16H24Br2N2O. The van der Waals surface area contributed by atoms with Gasteiger partial charge in [0, 0.05) is 32.2 Å². The molecule has 2 N–H and O–H groups in total. The van der Waals surface area contributed by atoms with Gasteiger partial charge in [-0.05, 0) is 68.3 Å². The van der Waals surface area contributed by atoms with Gasteiger partial charge in [-0.1, -0.05) is 13.8 Å². The SMILES string of the molecule is CC(C)CC[C@@H](c1cc(Br)c(O)c(Br)c1)N1CCNCC1. The number of hydrogen-bond acceptors (Lipinski definition) is 3. The predicted molar refractivity (Wildman–Crippen MR) is 94.8 cm³/mol. The second-order valence-electron chi connectivity index (χ2n) is 6.11. The maximum absolute atomic E-state index is 9.92. The fraction of sp³-hybridized carbons (Fsp3) is 0.625. The fourth-order valence-corrected chi connectivity index (χ4v) is 4.04. The first-order valence-corrected chi connectivity index (χ1v) is 9.20. The first kappa shape index (κ1) is 17.3. The van der Waals surface area contributed by atoms with E-state index < -0.39 is 0 Å². The van der Waals surface area contributed by atoms with E-state index in [1.54, 1.807) is 0 Å². The smallest absolute Gasteiger partial charge is 0.143 e. The van der Waals surface area contributed by atoms with Gasteiger partial charge in [-0.25, -0.2) is 0 Å². The molecule has 0 aromatic heterocycles. The van der Waals surface area contributed by atoms with Crippen LogP contribution in [0.15, 0.2) is 21.1 Å². The summed E-state index contributed by atoms with van der Waals surface area (Å²) < 4.78 is 1.52. The molecule has 1 aliphatic rings. The Hall–Kier alpha value is -0.100. The number of phenolic OH excluding ortho intramolecular Hbond substituents is 1. The zero-order valence-corrected chi connectivity index (χ0v) is 15.9. The first-order chi connectivity index (χ1) is 9.99. The van der Waals surface area contributed by atoms with E-state index in [0.717, 1.165) is 41.5 Å². The summed E-state index contributed by atoms with van der Waals surface area (Å²) in [4.78, 5) is 2.56. The van der Waals surface area contributed by atoms with Crippen LogP contribution in [0.5, 0.6) is 5.75 Å². The van der Waals surface area contributed by atoms with Crippen LogP contribution in [0.1, 0.15) is 38.3 Å². The maximum Gasteiger partial charge on any atom is 0.143 e. The van der Waals surface area contributed by atoms with E-state index >= 15 is 0 Å². The molecule has 5 heteroatoms. The second kappa shape index (κ2) is 7.95. The third-order valence-electron chi connectivity index (χ3n) is 4.03. The van der Waals surface area contributed by atoms with E-state index in [-0.39, 0.29) is 5.75 Å². The molecule has 0 saturated carbocycles. The Balaban J connectivity index is 2.24. The van der Waals surface area contributed by atoms with Crippen LogP contribution >= 0.6 is 31.9 Å². The minimum Gasteiger partial charge on any atom is -0.506 e. The van der Waals surface area contributed by atoms with Crippen molar-refractivity contribution < 1.29 is 5.11 Å². The summed E-state index contributed by atoms with van der Waals surface area (Å²) in [5, 5.41) is 13.3. The Morgan fingerprint density at radius 1 is 1.14 bits per heavy atom. The molecule has 21 heavy (non-hydrogen) atoms. The van der Waals surface area contributed by atoms with E-state index in [0.29, 0.717) is 12.0 Å². The summed E-state index contributed by atoms with van der Waals surface area (Å²) in [6.07, 6.45) is 2.37. The van der Waals surface area contributed by atoms with Gasteiger partial charge in [-0.3, -0.25) is 4.90 Å². The van der Waals surface area contributed by atoms with Crippen LogP contribution in [0.2, 0.25) is 0 Å². The summed E-state index contributed by atoms with van der Waals surface area (Å²) in [6, 6.07) is 4.54. The lowest BCUT2D eigenvalue weighted by atomic mass is 9.95. The summed E-state index contributed by atoms with van der Waals surface area (Å²) in [6.45, 7) is 8.82. The van der Waals surface area contributed by atoms with E-state index in [2.05, 4.69) is 68.1 Å². The minimum absolute atomic E-state index is 0.279. The number of hydrogen-bond donors (Lipinski definition) is 2. The highest BCUT2D eigenvalue weighted by Crippen LogP contribution is 2.38. The van der Waals surface area contributed by atoms with Gasteiger partial charge in [0.15, 0.2) is 0 Å². The second-order valence-corrected chi connectivity index (χ2v) is 7.81. The predicted octanol–water partition coefficient (Wildman–Crippen LogP) is 4.30. The van der Waals surface area contributed by atoms with Gasteiger partial charge in [0.05, 0.1) is 8.95 Å². The molecule has 0 bridgehead atoms. The molecule has 1 aliphatic heterocycles. The van der Waals surface area contributed by atoms with Crippen molar-refractivity contribution in [2.45, 2.75) is 32.7 Å². The first-order valence-electron chi connectivity index (χ1n) is 7.61. The number of rotatable bonds is 5. The Bertz CT molecular complexity index is 450. The maximum atomic E-state index is 9.92. The number of halogens is 2. The molecule has 0 unspecified atom stereocenters. The molecule has 1 heterocycles. The summed E-state index contributed by atoms with van der Waals surface area (Å²) in [7, 11) is 0. The van der Waals surface area contributed by atoms with Gasteiger partial charge in [0.25, 0.3) is 0 Å². The fourth-order valence-electron chi connectivity index (χ4n) is 2.82. The van der Waals surface area contributed by atoms with Gasteiger partial charge >= 0.3 is 0 Å². The van der Waals surface area contributed by atoms with Crippen molar-refractivity contribution in [2.75, 3.05) is 26.2 Å². The molecule has 1 aromatic carbocycles. The summed E-state index contributed by atoms with van der Waals surface area (Å²) in [5.74, 6) is 0.987. The number of phenols is 1. The number of piperazine rings is 1. The van der Waals surface area contributed by atoms with Crippen LogP contribution < -0.4 is 5.32 Å². The van der Waals surface area contributed by atoms with Crippen molar-refractivity contribution in [2.24, 2.45) is 5.92 Å². The topological polar surface area (TPSA) is 35.5 Å². The lowest BCUT2D eigenvalue weighted by Gasteiger charge is -2.36. The number of aromatic hydroxyl groups is 1. The molecular weight excluding hydrogens is 396 g/mol. The van der Waals surface area contributed by atoms with Crippen molar-refractivity contribution in [1.29, 1.82) is 0 Å². The Labute approximate surface area is 144 Å². The van der Waals surface area contributed by atoms with Gasteiger partial charge in [0.2, 0.25) is 0 Å². The van der Waals surface area contributed by atoms with E-state index in [4.69, 9.17) is 0 Å². The molecule has 1 atom stereocenters.